The largest absolute Gasteiger partial charge is 2.00 e. The van der Waals surface area contributed by atoms with Crippen molar-refractivity contribution >= 4 is 21.9 Å². The van der Waals surface area contributed by atoms with Gasteiger partial charge in [-0.15, -0.1) is 24.3 Å². The Morgan fingerprint density at radius 1 is 0.743 bits per heavy atom. The van der Waals surface area contributed by atoms with Crippen LogP contribution in [0.25, 0.3) is 50.3 Å². The Balaban J connectivity index is 0.00000253. The summed E-state index contributed by atoms with van der Waals surface area (Å²) in [5.74, 6) is 0.895. The molecule has 0 bridgehead atoms. The maximum Gasteiger partial charge on any atom is 2.00 e. The predicted octanol–water partition coefficient (Wildman–Crippen LogP) is 6.96. The van der Waals surface area contributed by atoms with Gasteiger partial charge in [-0.3, -0.25) is 9.97 Å². The number of aromatic nitrogens is 4. The van der Waals surface area contributed by atoms with Crippen molar-refractivity contribution in [2.45, 2.75) is 26.2 Å². The molecule has 0 radical (unpaired) electrons. The first kappa shape index (κ1) is 23.3. The van der Waals surface area contributed by atoms with E-state index >= 15 is 0 Å². The summed E-state index contributed by atoms with van der Waals surface area (Å²) in [6.45, 7) is 6.56. The SMILES string of the molecule is CC(C)(C)c1ccc(-n2c3ccccc3c3ccc(-c4[c-]c(-c5ccccn5)ccc4)nc32)[n-]1.[Pt+2]. The number of benzene rings is 2. The van der Waals surface area contributed by atoms with Gasteiger partial charge in [-0.2, -0.15) is 0 Å². The Bertz CT molecular complexity index is 1640. The molecule has 0 amide bonds. The molecule has 0 fully saturated rings. The molecule has 4 nitrogen and oxygen atoms in total. The molecule has 0 aliphatic heterocycles. The van der Waals surface area contributed by atoms with E-state index in [-0.39, 0.29) is 26.5 Å². The third kappa shape index (κ3) is 4.13. The third-order valence-corrected chi connectivity index (χ3v) is 6.16. The van der Waals surface area contributed by atoms with Gasteiger partial charge >= 0.3 is 21.1 Å². The zero-order valence-electron chi connectivity index (χ0n) is 19.8. The minimum Gasteiger partial charge on any atom is -0.439 e. The van der Waals surface area contributed by atoms with Crippen LogP contribution in [0.1, 0.15) is 26.5 Å². The number of nitrogens with zero attached hydrogens (tertiary/aromatic N) is 4. The average Bonchev–Trinajstić information content (AvgIpc) is 3.47. The molecular weight excluding hydrogens is 611 g/mol. The summed E-state index contributed by atoms with van der Waals surface area (Å²) in [5, 5.41) is 2.28. The normalized spacial score (nSPS) is 11.6. The summed E-state index contributed by atoms with van der Waals surface area (Å²) in [5.41, 5.74) is 6.71. The average molecular weight is 636 g/mol. The molecule has 0 atom stereocenters. The van der Waals surface area contributed by atoms with Gasteiger partial charge in [0.2, 0.25) is 0 Å². The van der Waals surface area contributed by atoms with E-state index in [1.807, 2.05) is 36.4 Å². The molecule has 35 heavy (non-hydrogen) atoms. The topological polar surface area (TPSA) is 44.8 Å². The van der Waals surface area contributed by atoms with E-state index in [9.17, 15) is 0 Å². The third-order valence-electron chi connectivity index (χ3n) is 6.16. The fourth-order valence-corrected chi connectivity index (χ4v) is 4.41. The van der Waals surface area contributed by atoms with Crippen molar-refractivity contribution in [1.82, 2.24) is 19.5 Å². The summed E-state index contributed by atoms with van der Waals surface area (Å²) in [7, 11) is 0. The summed E-state index contributed by atoms with van der Waals surface area (Å²) < 4.78 is 2.17. The van der Waals surface area contributed by atoms with Crippen molar-refractivity contribution in [2.75, 3.05) is 0 Å². The van der Waals surface area contributed by atoms with Gasteiger partial charge < -0.3 is 9.55 Å². The molecule has 174 valence electrons. The molecule has 0 saturated carbocycles. The van der Waals surface area contributed by atoms with Crippen LogP contribution < -0.4 is 4.98 Å². The zero-order valence-corrected chi connectivity index (χ0v) is 22.0. The molecule has 0 aliphatic carbocycles. The van der Waals surface area contributed by atoms with Crippen molar-refractivity contribution in [2.24, 2.45) is 0 Å². The van der Waals surface area contributed by atoms with Gasteiger partial charge in [0.1, 0.15) is 0 Å². The molecule has 0 aliphatic rings. The minimum atomic E-state index is -0.0174. The predicted molar refractivity (Wildman–Crippen MR) is 138 cm³/mol. The molecule has 4 heterocycles. The van der Waals surface area contributed by atoms with Gasteiger partial charge in [-0.05, 0) is 22.4 Å². The van der Waals surface area contributed by atoms with Crippen molar-refractivity contribution in [3.05, 3.63) is 103 Å². The Hall–Kier alpha value is -3.49. The minimum absolute atomic E-state index is 0. The maximum atomic E-state index is 5.14. The summed E-state index contributed by atoms with van der Waals surface area (Å²) >= 11 is 0. The van der Waals surface area contributed by atoms with E-state index in [4.69, 9.17) is 9.97 Å². The fourth-order valence-electron chi connectivity index (χ4n) is 4.41. The maximum absolute atomic E-state index is 5.14. The van der Waals surface area contributed by atoms with Crippen LogP contribution in [0.2, 0.25) is 0 Å². The van der Waals surface area contributed by atoms with Crippen LogP contribution in [0.5, 0.6) is 0 Å². The smallest absolute Gasteiger partial charge is 0.439 e. The Morgan fingerprint density at radius 2 is 1.51 bits per heavy atom. The number of fused-ring (bicyclic) bond motifs is 3. The molecule has 6 rings (SSSR count). The van der Waals surface area contributed by atoms with Gasteiger partial charge in [0.15, 0.2) is 0 Å². The fraction of sp³-hybridized carbons (Fsp3) is 0.133. The summed E-state index contributed by atoms with van der Waals surface area (Å²) in [6.07, 6.45) is 1.80. The zero-order chi connectivity index (χ0) is 23.3. The van der Waals surface area contributed by atoms with Crippen LogP contribution in [0, 0.1) is 6.07 Å². The second-order valence-corrected chi connectivity index (χ2v) is 9.55. The number of hydrogen-bond donors (Lipinski definition) is 0. The van der Waals surface area contributed by atoms with Gasteiger partial charge in [0, 0.05) is 23.0 Å². The van der Waals surface area contributed by atoms with E-state index in [1.54, 1.807) is 6.20 Å². The van der Waals surface area contributed by atoms with Crippen LogP contribution in [-0.4, -0.2) is 14.5 Å². The van der Waals surface area contributed by atoms with Crippen LogP contribution in [0.15, 0.2) is 91.1 Å². The first-order valence-corrected chi connectivity index (χ1v) is 11.5. The van der Waals surface area contributed by atoms with Crippen molar-refractivity contribution in [3.8, 4) is 28.3 Å². The van der Waals surface area contributed by atoms with Crippen molar-refractivity contribution in [3.63, 3.8) is 0 Å². The van der Waals surface area contributed by atoms with Gasteiger partial charge in [-0.1, -0.05) is 104 Å². The van der Waals surface area contributed by atoms with Crippen molar-refractivity contribution < 1.29 is 21.1 Å². The van der Waals surface area contributed by atoms with Crippen LogP contribution >= 0.6 is 0 Å². The molecule has 0 saturated heterocycles. The second kappa shape index (κ2) is 8.94. The van der Waals surface area contributed by atoms with Crippen LogP contribution in [-0.2, 0) is 26.5 Å². The van der Waals surface area contributed by atoms with Crippen molar-refractivity contribution in [1.29, 1.82) is 0 Å². The Kier molecular flexibility index (Phi) is 5.94. The second-order valence-electron chi connectivity index (χ2n) is 9.55. The Labute approximate surface area is 219 Å². The molecule has 0 N–H and O–H groups in total. The monoisotopic (exact) mass is 635 g/mol. The molecule has 0 spiro atoms. The van der Waals surface area contributed by atoms with Gasteiger partial charge in [0.25, 0.3) is 0 Å². The number of rotatable bonds is 3. The van der Waals surface area contributed by atoms with E-state index < -0.39 is 0 Å². The number of para-hydroxylation sites is 1. The molecule has 0 unspecified atom stereocenters. The van der Waals surface area contributed by atoms with E-state index in [0.29, 0.717) is 0 Å². The molecule has 2 aromatic carbocycles. The summed E-state index contributed by atoms with van der Waals surface area (Å²) in [4.78, 5) is 14.6. The molecule has 5 heteroatoms. The first-order chi connectivity index (χ1) is 16.5. The number of hydrogen-bond acceptors (Lipinski definition) is 2. The Morgan fingerprint density at radius 3 is 2.26 bits per heavy atom. The first-order valence-electron chi connectivity index (χ1n) is 11.5. The van der Waals surface area contributed by atoms with Crippen LogP contribution in [0.4, 0.5) is 0 Å². The van der Waals surface area contributed by atoms with Crippen LogP contribution in [0.3, 0.4) is 0 Å². The summed E-state index contributed by atoms with van der Waals surface area (Å²) in [6, 6.07) is 32.4. The van der Waals surface area contributed by atoms with E-state index in [1.165, 1.54) is 5.39 Å². The van der Waals surface area contributed by atoms with Gasteiger partial charge in [-0.25, -0.2) is 0 Å². The standard InChI is InChI=1S/C30H24N4.Pt/c1-30(2,3)27-16-17-28(33-27)34-26-13-5-4-11-22(26)23-14-15-25(32-29(23)34)21-10-8-9-20(19-21)24-12-6-7-18-31-24;/h4-18H,1-3H3;/q-2;+2. The molecule has 4 aromatic heterocycles. The van der Waals surface area contributed by atoms with E-state index in [2.05, 4.69) is 84.9 Å². The number of pyridine rings is 2. The molecular formula is C30H24N4Pt. The van der Waals surface area contributed by atoms with Gasteiger partial charge in [0.05, 0.1) is 5.65 Å². The molecule has 6 aromatic rings. The quantitative estimate of drug-likeness (QED) is 0.198. The van der Waals surface area contributed by atoms with E-state index in [0.717, 1.165) is 50.6 Å².